The van der Waals surface area contributed by atoms with Crippen molar-refractivity contribution in [3.05, 3.63) is 47.7 Å². The number of sulfonamides is 1. The van der Waals surface area contributed by atoms with Crippen LogP contribution in [0.5, 0.6) is 0 Å². The second-order valence-corrected chi connectivity index (χ2v) is 10.8. The molecule has 0 saturated carbocycles. The van der Waals surface area contributed by atoms with Crippen molar-refractivity contribution in [2.24, 2.45) is 5.41 Å². The van der Waals surface area contributed by atoms with Gasteiger partial charge in [-0.3, -0.25) is 0 Å². The Morgan fingerprint density at radius 1 is 0.966 bits per heavy atom. The molecule has 0 N–H and O–H groups in total. The van der Waals surface area contributed by atoms with Crippen molar-refractivity contribution in [1.82, 2.24) is 14.5 Å². The summed E-state index contributed by atoms with van der Waals surface area (Å²) in [5, 5.41) is 8.52. The molecule has 4 rings (SSSR count). The summed E-state index contributed by atoms with van der Waals surface area (Å²) in [4.78, 5) is 2.67. The summed E-state index contributed by atoms with van der Waals surface area (Å²) in [6.07, 6.45) is 3.00. The average molecular weight is 415 g/mol. The van der Waals surface area contributed by atoms with Gasteiger partial charge in [-0.1, -0.05) is 26.0 Å². The lowest BCUT2D eigenvalue weighted by Crippen LogP contribution is -2.45. The Kier molecular flexibility index (Phi) is 5.38. The maximum absolute atomic E-state index is 13.2. The second-order valence-electron chi connectivity index (χ2n) is 8.87. The molecule has 2 fully saturated rings. The fourth-order valence-electron chi connectivity index (χ4n) is 4.57. The second kappa shape index (κ2) is 7.69. The molecule has 29 heavy (non-hydrogen) atoms. The molecule has 0 bridgehead atoms. The van der Waals surface area contributed by atoms with Gasteiger partial charge in [-0.05, 0) is 61.9 Å². The van der Waals surface area contributed by atoms with E-state index in [0.29, 0.717) is 23.9 Å². The molecule has 6 nitrogen and oxygen atoms in total. The van der Waals surface area contributed by atoms with Crippen molar-refractivity contribution >= 4 is 15.8 Å². The zero-order valence-corrected chi connectivity index (χ0v) is 18.3. The Labute approximate surface area is 174 Å². The van der Waals surface area contributed by atoms with Gasteiger partial charge >= 0.3 is 0 Å². The molecule has 2 aliphatic rings. The quantitative estimate of drug-likeness (QED) is 0.765. The van der Waals surface area contributed by atoms with Crippen LogP contribution in [0.4, 0.5) is 5.82 Å². The number of piperidine rings is 1. The van der Waals surface area contributed by atoms with E-state index in [4.69, 9.17) is 0 Å². The van der Waals surface area contributed by atoms with E-state index in [-0.39, 0.29) is 5.41 Å². The number of aryl methyl sites for hydroxylation is 1. The first kappa shape index (κ1) is 20.3. The SMILES string of the molecule is Cc1ccc(N2CCC[C@@]3(CCN(S(=O)(=O)c4ccc(C(C)C)cc4)C3)C2)nn1. The minimum atomic E-state index is -3.46. The van der Waals surface area contributed by atoms with Crippen molar-refractivity contribution in [1.29, 1.82) is 0 Å². The van der Waals surface area contributed by atoms with Crippen molar-refractivity contribution in [2.75, 3.05) is 31.1 Å². The molecule has 7 heteroatoms. The third-order valence-corrected chi connectivity index (χ3v) is 8.22. The average Bonchev–Trinajstić information content (AvgIpc) is 3.12. The van der Waals surface area contributed by atoms with E-state index in [9.17, 15) is 8.42 Å². The van der Waals surface area contributed by atoms with Crippen LogP contribution in [0.3, 0.4) is 0 Å². The van der Waals surface area contributed by atoms with E-state index in [1.807, 2.05) is 31.2 Å². The van der Waals surface area contributed by atoms with E-state index >= 15 is 0 Å². The fraction of sp³-hybridized carbons (Fsp3) is 0.545. The van der Waals surface area contributed by atoms with Gasteiger partial charge in [-0.15, -0.1) is 5.10 Å². The normalized spacial score (nSPS) is 23.2. The summed E-state index contributed by atoms with van der Waals surface area (Å²) < 4.78 is 28.1. The largest absolute Gasteiger partial charge is 0.355 e. The molecule has 1 aromatic carbocycles. The molecule has 0 aliphatic carbocycles. The van der Waals surface area contributed by atoms with E-state index in [1.54, 1.807) is 16.4 Å². The van der Waals surface area contributed by atoms with Crippen LogP contribution in [0.1, 0.15) is 50.3 Å². The highest BCUT2D eigenvalue weighted by molar-refractivity contribution is 7.89. The van der Waals surface area contributed by atoms with Gasteiger partial charge in [0, 0.05) is 31.6 Å². The molecule has 156 valence electrons. The standard InChI is InChI=1S/C22H30N4O2S/c1-17(2)19-6-8-20(9-7-19)29(27,28)26-14-12-22(16-26)11-4-13-25(15-22)21-10-5-18(3)23-24-21/h5-10,17H,4,11-16H2,1-3H3/t22-/m1/s1. The number of rotatable bonds is 4. The third-order valence-electron chi connectivity index (χ3n) is 6.36. The molecule has 1 spiro atoms. The van der Waals surface area contributed by atoms with Crippen molar-refractivity contribution in [2.45, 2.75) is 50.8 Å². The van der Waals surface area contributed by atoms with Crippen molar-refractivity contribution < 1.29 is 8.42 Å². The minimum Gasteiger partial charge on any atom is -0.355 e. The topological polar surface area (TPSA) is 66.4 Å². The molecular formula is C22H30N4O2S. The van der Waals surface area contributed by atoms with E-state index in [1.165, 1.54) is 0 Å². The Balaban J connectivity index is 1.50. The molecule has 3 heterocycles. The van der Waals surface area contributed by atoms with Gasteiger partial charge in [0.25, 0.3) is 0 Å². The first-order valence-corrected chi connectivity index (χ1v) is 11.9. The molecule has 1 aromatic heterocycles. The van der Waals surface area contributed by atoms with Crippen molar-refractivity contribution in [3.63, 3.8) is 0 Å². The first-order chi connectivity index (χ1) is 13.8. The molecule has 2 saturated heterocycles. The molecule has 0 unspecified atom stereocenters. The molecule has 0 radical (unpaired) electrons. The van der Waals surface area contributed by atoms with Gasteiger partial charge in [0.15, 0.2) is 5.82 Å². The number of hydrogen-bond donors (Lipinski definition) is 0. The summed E-state index contributed by atoms with van der Waals surface area (Å²) in [6.45, 7) is 9.11. The fourth-order valence-corrected chi connectivity index (χ4v) is 6.12. The number of benzene rings is 1. The van der Waals surface area contributed by atoms with Crippen LogP contribution in [0.15, 0.2) is 41.3 Å². The minimum absolute atomic E-state index is 0.00421. The monoisotopic (exact) mass is 414 g/mol. The van der Waals surface area contributed by atoms with Crippen LogP contribution in [-0.2, 0) is 10.0 Å². The van der Waals surface area contributed by atoms with Gasteiger partial charge in [0.1, 0.15) is 0 Å². The Morgan fingerprint density at radius 3 is 2.38 bits per heavy atom. The van der Waals surface area contributed by atoms with Crippen LogP contribution < -0.4 is 4.90 Å². The highest BCUT2D eigenvalue weighted by atomic mass is 32.2. The zero-order valence-electron chi connectivity index (χ0n) is 17.5. The maximum Gasteiger partial charge on any atom is 0.243 e. The Morgan fingerprint density at radius 2 is 1.72 bits per heavy atom. The van der Waals surface area contributed by atoms with E-state index < -0.39 is 10.0 Å². The lowest BCUT2D eigenvalue weighted by Gasteiger charge is -2.40. The summed E-state index contributed by atoms with van der Waals surface area (Å²) in [7, 11) is -3.46. The lowest BCUT2D eigenvalue weighted by molar-refractivity contribution is 0.246. The number of hydrogen-bond acceptors (Lipinski definition) is 5. The predicted octanol–water partition coefficient (Wildman–Crippen LogP) is 3.59. The maximum atomic E-state index is 13.2. The van der Waals surface area contributed by atoms with E-state index in [2.05, 4.69) is 28.9 Å². The van der Waals surface area contributed by atoms with Crippen LogP contribution in [0, 0.1) is 12.3 Å². The van der Waals surface area contributed by atoms with Gasteiger partial charge < -0.3 is 4.90 Å². The summed E-state index contributed by atoms with van der Waals surface area (Å²) >= 11 is 0. The number of anilines is 1. The van der Waals surface area contributed by atoms with Crippen molar-refractivity contribution in [3.8, 4) is 0 Å². The zero-order chi connectivity index (χ0) is 20.6. The van der Waals surface area contributed by atoms with Gasteiger partial charge in [-0.25, -0.2) is 8.42 Å². The molecule has 0 amide bonds. The number of aromatic nitrogens is 2. The smallest absolute Gasteiger partial charge is 0.243 e. The van der Waals surface area contributed by atoms with Gasteiger partial charge in [-0.2, -0.15) is 9.40 Å². The van der Waals surface area contributed by atoms with E-state index in [0.717, 1.165) is 49.4 Å². The van der Waals surface area contributed by atoms with Crippen LogP contribution >= 0.6 is 0 Å². The van der Waals surface area contributed by atoms with Gasteiger partial charge in [0.05, 0.1) is 10.6 Å². The first-order valence-electron chi connectivity index (χ1n) is 10.4. The van der Waals surface area contributed by atoms with Crippen LogP contribution in [-0.4, -0.2) is 49.1 Å². The predicted molar refractivity (Wildman–Crippen MR) is 115 cm³/mol. The Bertz CT molecular complexity index is 957. The molecular weight excluding hydrogens is 384 g/mol. The summed E-state index contributed by atoms with van der Waals surface area (Å²) in [6, 6.07) is 11.4. The third kappa shape index (κ3) is 4.03. The number of nitrogens with zero attached hydrogens (tertiary/aromatic N) is 4. The highest BCUT2D eigenvalue weighted by Crippen LogP contribution is 2.41. The lowest BCUT2D eigenvalue weighted by atomic mass is 9.79. The summed E-state index contributed by atoms with van der Waals surface area (Å²) in [5.41, 5.74) is 2.06. The molecule has 2 aliphatic heterocycles. The molecule has 2 aromatic rings. The van der Waals surface area contributed by atoms with Gasteiger partial charge in [0.2, 0.25) is 10.0 Å². The summed E-state index contributed by atoms with van der Waals surface area (Å²) in [5.74, 6) is 1.28. The highest BCUT2D eigenvalue weighted by Gasteiger charge is 2.45. The Hall–Kier alpha value is -1.99. The van der Waals surface area contributed by atoms with Crippen LogP contribution in [0.25, 0.3) is 0 Å². The van der Waals surface area contributed by atoms with Crippen LogP contribution in [0.2, 0.25) is 0 Å². The molecule has 1 atom stereocenters.